The van der Waals surface area contributed by atoms with Gasteiger partial charge in [-0.3, -0.25) is 8.98 Å². The van der Waals surface area contributed by atoms with Crippen molar-refractivity contribution in [2.24, 2.45) is 5.41 Å². The molecule has 0 unspecified atom stereocenters. The van der Waals surface area contributed by atoms with Crippen LogP contribution in [0.2, 0.25) is 0 Å². The van der Waals surface area contributed by atoms with Crippen LogP contribution in [-0.4, -0.2) is 63.4 Å². The molecule has 0 bridgehead atoms. The Kier molecular flexibility index (Phi) is 11.0. The molecule has 2 aromatic rings. The number of hydrogen-bond acceptors (Lipinski definition) is 10. The lowest BCUT2D eigenvalue weighted by molar-refractivity contribution is -0.170. The predicted octanol–water partition coefficient (Wildman–Crippen LogP) is 2.63. The standard InChI is InChI=1S/C25H31NO10S/c1-18(27)26-14-9-15-37(31,32)35-16-25(2,3)22(28)23(29)33-17-34-24(30)36-21-13-8-7-12-20(21)19-10-5-4-6-11-19/h4-8,10-13,22,28H,9,14-17H2,1-3H3,(H,26,27)/t22-/m0/s1. The first-order valence-corrected chi connectivity index (χ1v) is 12.9. The highest BCUT2D eigenvalue weighted by Crippen LogP contribution is 2.29. The van der Waals surface area contributed by atoms with E-state index in [-0.39, 0.29) is 30.4 Å². The molecule has 0 aliphatic carbocycles. The summed E-state index contributed by atoms with van der Waals surface area (Å²) < 4.78 is 43.7. The topological polar surface area (TPSA) is 155 Å². The SMILES string of the molecule is CC(=O)NCCCS(=O)(=O)OCC(C)(C)[C@@H](O)C(=O)OCOC(=O)Oc1ccccc1-c1ccccc1. The van der Waals surface area contributed by atoms with Crippen molar-refractivity contribution < 1.29 is 46.3 Å². The van der Waals surface area contributed by atoms with Crippen LogP contribution in [0.15, 0.2) is 54.6 Å². The number of nitrogens with one attached hydrogen (secondary N) is 1. The third-order valence-electron chi connectivity index (χ3n) is 5.06. The molecule has 1 atom stereocenters. The van der Waals surface area contributed by atoms with Crippen LogP contribution in [0, 0.1) is 5.41 Å². The minimum Gasteiger partial charge on any atom is -0.426 e. The second-order valence-electron chi connectivity index (χ2n) is 8.69. The highest BCUT2D eigenvalue weighted by Gasteiger charge is 2.37. The van der Waals surface area contributed by atoms with Crippen molar-refractivity contribution in [1.29, 1.82) is 0 Å². The molecule has 0 saturated heterocycles. The summed E-state index contributed by atoms with van der Waals surface area (Å²) in [7, 11) is -3.95. The maximum absolute atomic E-state index is 12.2. The summed E-state index contributed by atoms with van der Waals surface area (Å²) in [6.07, 6.45) is -2.77. The summed E-state index contributed by atoms with van der Waals surface area (Å²) in [4.78, 5) is 35.1. The Morgan fingerprint density at radius 3 is 2.32 bits per heavy atom. The third-order valence-corrected chi connectivity index (χ3v) is 6.33. The fourth-order valence-corrected chi connectivity index (χ4v) is 4.06. The molecule has 0 aromatic heterocycles. The van der Waals surface area contributed by atoms with Gasteiger partial charge in [0.05, 0.1) is 12.4 Å². The smallest absolute Gasteiger partial charge is 0.426 e. The van der Waals surface area contributed by atoms with Gasteiger partial charge in [0.25, 0.3) is 10.1 Å². The fourth-order valence-electron chi connectivity index (χ4n) is 2.96. The van der Waals surface area contributed by atoms with Gasteiger partial charge in [0.2, 0.25) is 12.7 Å². The summed E-state index contributed by atoms with van der Waals surface area (Å²) >= 11 is 0. The van der Waals surface area contributed by atoms with E-state index in [2.05, 4.69) is 5.32 Å². The fraction of sp³-hybridized carbons (Fsp3) is 0.400. The zero-order valence-electron chi connectivity index (χ0n) is 20.8. The number of amides is 1. The number of benzene rings is 2. The van der Waals surface area contributed by atoms with E-state index < -0.39 is 47.2 Å². The van der Waals surface area contributed by atoms with Crippen molar-refractivity contribution in [2.45, 2.75) is 33.3 Å². The predicted molar refractivity (Wildman–Crippen MR) is 133 cm³/mol. The van der Waals surface area contributed by atoms with Crippen LogP contribution in [-0.2, 0) is 33.4 Å². The maximum atomic E-state index is 12.2. The molecule has 2 aromatic carbocycles. The Bertz CT molecular complexity index is 1170. The van der Waals surface area contributed by atoms with E-state index in [1.807, 2.05) is 30.3 Å². The Morgan fingerprint density at radius 1 is 1.00 bits per heavy atom. The molecule has 202 valence electrons. The Balaban J connectivity index is 1.81. The summed E-state index contributed by atoms with van der Waals surface area (Å²) in [6.45, 7) is 2.94. The van der Waals surface area contributed by atoms with Crippen molar-refractivity contribution in [3.8, 4) is 16.9 Å². The van der Waals surface area contributed by atoms with Crippen LogP contribution in [0.25, 0.3) is 11.1 Å². The lowest BCUT2D eigenvalue weighted by atomic mass is 9.88. The number of carbonyl (C=O) groups is 3. The Morgan fingerprint density at radius 2 is 1.65 bits per heavy atom. The Hall–Kier alpha value is -3.48. The van der Waals surface area contributed by atoms with Crippen LogP contribution >= 0.6 is 0 Å². The zero-order chi connectivity index (χ0) is 27.5. The largest absolute Gasteiger partial charge is 0.516 e. The second-order valence-corrected chi connectivity index (χ2v) is 10.5. The van der Waals surface area contributed by atoms with E-state index >= 15 is 0 Å². The molecule has 1 amide bonds. The van der Waals surface area contributed by atoms with E-state index in [1.165, 1.54) is 20.8 Å². The molecule has 0 heterocycles. The van der Waals surface area contributed by atoms with E-state index in [9.17, 15) is 27.9 Å². The average Bonchev–Trinajstić information content (AvgIpc) is 2.86. The average molecular weight is 538 g/mol. The minimum absolute atomic E-state index is 0.135. The molecule has 0 aliphatic heterocycles. The lowest BCUT2D eigenvalue weighted by Crippen LogP contribution is -2.42. The van der Waals surface area contributed by atoms with Crippen LogP contribution in [0.4, 0.5) is 4.79 Å². The molecule has 0 fully saturated rings. The van der Waals surface area contributed by atoms with Gasteiger partial charge in [-0.1, -0.05) is 62.4 Å². The van der Waals surface area contributed by atoms with Gasteiger partial charge in [-0.05, 0) is 18.1 Å². The van der Waals surface area contributed by atoms with Crippen molar-refractivity contribution in [3.05, 3.63) is 54.6 Å². The number of esters is 1. The monoisotopic (exact) mass is 537 g/mol. The van der Waals surface area contributed by atoms with Crippen LogP contribution in [0.1, 0.15) is 27.2 Å². The number of hydrogen-bond donors (Lipinski definition) is 2. The number of rotatable bonds is 13. The van der Waals surface area contributed by atoms with E-state index in [1.54, 1.807) is 24.3 Å². The number of aliphatic hydroxyl groups is 1. The first-order chi connectivity index (χ1) is 17.4. The van der Waals surface area contributed by atoms with Crippen LogP contribution < -0.4 is 10.1 Å². The highest BCUT2D eigenvalue weighted by molar-refractivity contribution is 7.86. The molecular formula is C25H31NO10S. The molecular weight excluding hydrogens is 506 g/mol. The molecule has 0 radical (unpaired) electrons. The first-order valence-electron chi connectivity index (χ1n) is 11.4. The van der Waals surface area contributed by atoms with E-state index in [0.717, 1.165) is 5.56 Å². The van der Waals surface area contributed by atoms with Gasteiger partial charge < -0.3 is 24.6 Å². The minimum atomic E-state index is -3.95. The quantitative estimate of drug-likeness (QED) is 0.128. The summed E-state index contributed by atoms with van der Waals surface area (Å²) in [5, 5.41) is 12.8. The lowest BCUT2D eigenvalue weighted by Gasteiger charge is -2.28. The van der Waals surface area contributed by atoms with Gasteiger partial charge in [-0.25, -0.2) is 9.59 Å². The summed E-state index contributed by atoms with van der Waals surface area (Å²) in [5.41, 5.74) is 0.121. The number of ether oxygens (including phenoxy) is 3. The summed E-state index contributed by atoms with van der Waals surface area (Å²) in [5.74, 6) is -1.54. The molecule has 2 N–H and O–H groups in total. The summed E-state index contributed by atoms with van der Waals surface area (Å²) in [6, 6.07) is 16.0. The van der Waals surface area contributed by atoms with E-state index in [0.29, 0.717) is 5.56 Å². The zero-order valence-corrected chi connectivity index (χ0v) is 21.7. The van der Waals surface area contributed by atoms with Crippen LogP contribution in [0.5, 0.6) is 5.75 Å². The van der Waals surface area contributed by atoms with Gasteiger partial charge in [-0.15, -0.1) is 0 Å². The first kappa shape index (κ1) is 29.7. The van der Waals surface area contributed by atoms with Crippen molar-refractivity contribution in [3.63, 3.8) is 0 Å². The normalized spacial score (nSPS) is 12.3. The molecule has 37 heavy (non-hydrogen) atoms. The van der Waals surface area contributed by atoms with Crippen molar-refractivity contribution in [1.82, 2.24) is 5.32 Å². The van der Waals surface area contributed by atoms with Gasteiger partial charge >= 0.3 is 12.1 Å². The van der Waals surface area contributed by atoms with Crippen molar-refractivity contribution >= 4 is 28.1 Å². The molecule has 0 spiro atoms. The molecule has 2 rings (SSSR count). The van der Waals surface area contributed by atoms with Gasteiger partial charge in [-0.2, -0.15) is 8.42 Å². The van der Waals surface area contributed by atoms with Crippen LogP contribution in [0.3, 0.4) is 0 Å². The second kappa shape index (κ2) is 13.7. The van der Waals surface area contributed by atoms with Gasteiger partial charge in [0.1, 0.15) is 5.75 Å². The van der Waals surface area contributed by atoms with Crippen molar-refractivity contribution in [2.75, 3.05) is 25.7 Å². The molecule has 0 saturated carbocycles. The number of para-hydroxylation sites is 1. The Labute approximate surface area is 215 Å². The maximum Gasteiger partial charge on any atom is 0.516 e. The molecule has 0 aliphatic rings. The van der Waals surface area contributed by atoms with Gasteiger partial charge in [0.15, 0.2) is 6.10 Å². The third kappa shape index (κ3) is 10.2. The molecule has 11 nitrogen and oxygen atoms in total. The highest BCUT2D eigenvalue weighted by atomic mass is 32.2. The molecule has 12 heteroatoms. The van der Waals surface area contributed by atoms with Gasteiger partial charge in [0, 0.05) is 24.4 Å². The number of aliphatic hydroxyl groups excluding tert-OH is 1. The number of carbonyl (C=O) groups excluding carboxylic acids is 3. The van der Waals surface area contributed by atoms with E-state index in [4.69, 9.17) is 18.4 Å².